The van der Waals surface area contributed by atoms with E-state index in [1.54, 1.807) is 0 Å². The number of hydrogen-bond acceptors (Lipinski definition) is 3. The van der Waals surface area contributed by atoms with Crippen molar-refractivity contribution in [3.05, 3.63) is 0 Å². The average Bonchev–Trinajstić information content (AvgIpc) is 3.14. The monoisotopic (exact) mass is 281 g/mol. The summed E-state index contributed by atoms with van der Waals surface area (Å²) in [6, 6.07) is 0.628. The van der Waals surface area contributed by atoms with Gasteiger partial charge in [-0.2, -0.15) is 0 Å². The highest BCUT2D eigenvalue weighted by atomic mass is 16.2. The van der Waals surface area contributed by atoms with Crippen LogP contribution in [0.4, 0.5) is 0 Å². The Hall–Kier alpha value is -0.610. The molecule has 2 rings (SSSR count). The highest BCUT2D eigenvalue weighted by Gasteiger charge is 2.29. The van der Waals surface area contributed by atoms with Gasteiger partial charge in [-0.3, -0.25) is 9.69 Å². The molecule has 0 aliphatic carbocycles. The van der Waals surface area contributed by atoms with Crippen LogP contribution in [0.3, 0.4) is 0 Å². The fourth-order valence-corrected chi connectivity index (χ4v) is 3.36. The lowest BCUT2D eigenvalue weighted by Crippen LogP contribution is -2.50. The molecule has 1 amide bonds. The second-order valence-electron chi connectivity index (χ2n) is 6.35. The Bertz CT molecular complexity index is 296. The van der Waals surface area contributed by atoms with Gasteiger partial charge in [0.1, 0.15) is 0 Å². The van der Waals surface area contributed by atoms with Crippen LogP contribution >= 0.6 is 0 Å². The summed E-state index contributed by atoms with van der Waals surface area (Å²) in [6.45, 7) is 9.47. The van der Waals surface area contributed by atoms with Crippen LogP contribution < -0.4 is 5.32 Å². The predicted octanol–water partition coefficient (Wildman–Crippen LogP) is 1.85. The molecule has 2 fully saturated rings. The minimum atomic E-state index is 0.0436. The fraction of sp³-hybridized carbons (Fsp3) is 0.938. The van der Waals surface area contributed by atoms with Crippen molar-refractivity contribution in [2.75, 3.05) is 32.7 Å². The third-order valence-corrected chi connectivity index (χ3v) is 4.74. The molecule has 0 aromatic carbocycles. The second kappa shape index (κ2) is 7.99. The van der Waals surface area contributed by atoms with Gasteiger partial charge in [0.05, 0.1) is 6.04 Å². The summed E-state index contributed by atoms with van der Waals surface area (Å²) >= 11 is 0. The normalized spacial score (nSPS) is 24.6. The molecule has 116 valence electrons. The maximum atomic E-state index is 12.6. The number of hydrogen-bond donors (Lipinski definition) is 1. The molecular weight excluding hydrogens is 250 g/mol. The van der Waals surface area contributed by atoms with E-state index in [4.69, 9.17) is 0 Å². The van der Waals surface area contributed by atoms with Gasteiger partial charge in [0, 0.05) is 25.7 Å². The zero-order valence-electron chi connectivity index (χ0n) is 13.2. The lowest BCUT2D eigenvalue weighted by atomic mass is 10.1. The standard InChI is InChI=1S/C16H31N3O/c1-3-4-10-19(13-15-8-7-9-17-15)14(2)16(20)18-11-5-6-12-18/h14-15,17H,3-13H2,1-2H3. The van der Waals surface area contributed by atoms with Crippen LogP contribution in [0.15, 0.2) is 0 Å². The minimum absolute atomic E-state index is 0.0436. The van der Waals surface area contributed by atoms with Crippen LogP contribution in [0.5, 0.6) is 0 Å². The van der Waals surface area contributed by atoms with E-state index in [1.165, 1.54) is 38.5 Å². The van der Waals surface area contributed by atoms with Crippen LogP contribution in [-0.4, -0.2) is 60.5 Å². The molecule has 0 aromatic rings. The quantitative estimate of drug-likeness (QED) is 0.773. The lowest BCUT2D eigenvalue weighted by molar-refractivity contribution is -0.135. The van der Waals surface area contributed by atoms with Crippen molar-refractivity contribution in [1.29, 1.82) is 0 Å². The molecule has 4 heteroatoms. The van der Waals surface area contributed by atoms with Crippen molar-refractivity contribution in [3.8, 4) is 0 Å². The first kappa shape index (κ1) is 15.8. The van der Waals surface area contributed by atoms with Crippen molar-refractivity contribution in [2.24, 2.45) is 0 Å². The second-order valence-corrected chi connectivity index (χ2v) is 6.35. The molecule has 4 nitrogen and oxygen atoms in total. The number of unbranched alkanes of at least 4 members (excludes halogenated alkanes) is 1. The first-order valence-electron chi connectivity index (χ1n) is 8.48. The SMILES string of the molecule is CCCCN(CC1CCCN1)C(C)C(=O)N1CCCC1. The molecule has 2 aliphatic heterocycles. The Labute approximate surface area is 123 Å². The summed E-state index contributed by atoms with van der Waals surface area (Å²) in [5, 5.41) is 3.56. The van der Waals surface area contributed by atoms with Gasteiger partial charge in [0.2, 0.25) is 5.91 Å². The van der Waals surface area contributed by atoms with Gasteiger partial charge in [-0.25, -0.2) is 0 Å². The molecule has 2 unspecified atom stereocenters. The van der Waals surface area contributed by atoms with E-state index in [1.807, 2.05) is 0 Å². The van der Waals surface area contributed by atoms with E-state index in [0.717, 1.165) is 32.7 Å². The molecule has 0 aromatic heterocycles. The van der Waals surface area contributed by atoms with E-state index < -0.39 is 0 Å². The zero-order chi connectivity index (χ0) is 14.4. The van der Waals surface area contributed by atoms with Crippen molar-refractivity contribution in [1.82, 2.24) is 15.1 Å². The van der Waals surface area contributed by atoms with Crippen molar-refractivity contribution in [2.45, 2.75) is 64.5 Å². The number of amides is 1. The third kappa shape index (κ3) is 4.19. The Kier molecular flexibility index (Phi) is 6.30. The first-order valence-corrected chi connectivity index (χ1v) is 8.48. The van der Waals surface area contributed by atoms with Gasteiger partial charge in [-0.05, 0) is 52.1 Å². The molecule has 1 N–H and O–H groups in total. The third-order valence-electron chi connectivity index (χ3n) is 4.74. The van der Waals surface area contributed by atoms with E-state index in [-0.39, 0.29) is 6.04 Å². The summed E-state index contributed by atoms with van der Waals surface area (Å²) in [5.41, 5.74) is 0. The molecule has 20 heavy (non-hydrogen) atoms. The molecule has 2 saturated heterocycles. The van der Waals surface area contributed by atoms with E-state index in [0.29, 0.717) is 11.9 Å². The Morgan fingerprint density at radius 1 is 1.35 bits per heavy atom. The summed E-state index contributed by atoms with van der Waals surface area (Å²) in [5.74, 6) is 0.344. The van der Waals surface area contributed by atoms with Crippen LogP contribution in [0.2, 0.25) is 0 Å². The molecular formula is C16H31N3O. The van der Waals surface area contributed by atoms with Crippen LogP contribution in [0, 0.1) is 0 Å². The van der Waals surface area contributed by atoms with E-state index >= 15 is 0 Å². The average molecular weight is 281 g/mol. The maximum absolute atomic E-state index is 12.6. The van der Waals surface area contributed by atoms with E-state index in [9.17, 15) is 4.79 Å². The van der Waals surface area contributed by atoms with Crippen LogP contribution in [0.25, 0.3) is 0 Å². The van der Waals surface area contributed by atoms with Crippen molar-refractivity contribution < 1.29 is 4.79 Å². The topological polar surface area (TPSA) is 35.6 Å². The summed E-state index contributed by atoms with van der Waals surface area (Å²) in [4.78, 5) is 17.1. The smallest absolute Gasteiger partial charge is 0.239 e. The molecule has 0 spiro atoms. The summed E-state index contributed by atoms with van der Waals surface area (Å²) < 4.78 is 0. The predicted molar refractivity (Wildman–Crippen MR) is 82.8 cm³/mol. The summed E-state index contributed by atoms with van der Waals surface area (Å²) in [6.07, 6.45) is 7.27. The van der Waals surface area contributed by atoms with Crippen molar-refractivity contribution >= 4 is 5.91 Å². The number of likely N-dealkylation sites (tertiary alicyclic amines) is 1. The molecule has 0 saturated carbocycles. The van der Waals surface area contributed by atoms with Crippen LogP contribution in [0.1, 0.15) is 52.4 Å². The molecule has 0 bridgehead atoms. The number of carbonyl (C=O) groups is 1. The minimum Gasteiger partial charge on any atom is -0.341 e. The lowest BCUT2D eigenvalue weighted by Gasteiger charge is -2.33. The number of carbonyl (C=O) groups excluding carboxylic acids is 1. The molecule has 2 atom stereocenters. The largest absolute Gasteiger partial charge is 0.341 e. The molecule has 0 radical (unpaired) electrons. The Morgan fingerprint density at radius 2 is 2.10 bits per heavy atom. The summed E-state index contributed by atoms with van der Waals surface area (Å²) in [7, 11) is 0. The van der Waals surface area contributed by atoms with Crippen molar-refractivity contribution in [3.63, 3.8) is 0 Å². The van der Waals surface area contributed by atoms with Gasteiger partial charge in [-0.1, -0.05) is 13.3 Å². The number of nitrogens with zero attached hydrogens (tertiary/aromatic N) is 2. The first-order chi connectivity index (χ1) is 9.72. The number of nitrogens with one attached hydrogen (secondary N) is 1. The fourth-order valence-electron chi connectivity index (χ4n) is 3.36. The van der Waals surface area contributed by atoms with Gasteiger partial charge in [0.15, 0.2) is 0 Å². The zero-order valence-corrected chi connectivity index (χ0v) is 13.2. The molecule has 2 aliphatic rings. The van der Waals surface area contributed by atoms with E-state index in [2.05, 4.69) is 29.0 Å². The molecule has 2 heterocycles. The maximum Gasteiger partial charge on any atom is 0.239 e. The van der Waals surface area contributed by atoms with Gasteiger partial charge in [-0.15, -0.1) is 0 Å². The Morgan fingerprint density at radius 3 is 2.70 bits per heavy atom. The highest BCUT2D eigenvalue weighted by Crippen LogP contribution is 2.15. The highest BCUT2D eigenvalue weighted by molar-refractivity contribution is 5.81. The number of rotatable bonds is 7. The van der Waals surface area contributed by atoms with Gasteiger partial charge < -0.3 is 10.2 Å². The Balaban J connectivity index is 1.90. The van der Waals surface area contributed by atoms with Gasteiger partial charge >= 0.3 is 0 Å². The van der Waals surface area contributed by atoms with Gasteiger partial charge in [0.25, 0.3) is 0 Å². The van der Waals surface area contributed by atoms with Crippen LogP contribution in [-0.2, 0) is 4.79 Å².